The Kier molecular flexibility index (Phi) is 3.63. The van der Waals surface area contributed by atoms with Gasteiger partial charge in [0, 0.05) is 13.2 Å². The number of nitrogen functional groups attached to an aromatic ring is 1. The molecular formula is C13H14FN3O2S. The van der Waals surface area contributed by atoms with Crippen molar-refractivity contribution >= 4 is 21.4 Å². The first-order chi connectivity index (χ1) is 9.34. The summed E-state index contributed by atoms with van der Waals surface area (Å²) in [5.74, 6) is -0.604. The summed E-state index contributed by atoms with van der Waals surface area (Å²) in [5, 5.41) is 0. The molecule has 20 heavy (non-hydrogen) atoms. The third-order valence-electron chi connectivity index (χ3n) is 2.92. The minimum absolute atomic E-state index is 0.0553. The Labute approximate surface area is 116 Å². The molecule has 0 saturated heterocycles. The molecule has 2 aromatic rings. The monoisotopic (exact) mass is 295 g/mol. The SMILES string of the molecule is Cc1cc(S(=O)(=O)N(C)c2cccnc2)cc(N)c1F. The number of halogens is 1. The van der Waals surface area contributed by atoms with E-state index < -0.39 is 15.8 Å². The van der Waals surface area contributed by atoms with Crippen LogP contribution in [-0.2, 0) is 10.0 Å². The highest BCUT2D eigenvalue weighted by Gasteiger charge is 2.23. The molecule has 0 aliphatic heterocycles. The number of nitrogens with two attached hydrogens (primary N) is 1. The average Bonchev–Trinajstić information content (AvgIpc) is 2.44. The molecule has 1 aromatic carbocycles. The molecule has 0 fully saturated rings. The Morgan fingerprint density at radius 1 is 1.35 bits per heavy atom. The summed E-state index contributed by atoms with van der Waals surface area (Å²) < 4.78 is 39.5. The minimum Gasteiger partial charge on any atom is -0.396 e. The molecule has 7 heteroatoms. The van der Waals surface area contributed by atoms with Crippen LogP contribution in [0.3, 0.4) is 0 Å². The van der Waals surface area contributed by atoms with Gasteiger partial charge in [-0.1, -0.05) is 0 Å². The van der Waals surface area contributed by atoms with Crippen molar-refractivity contribution in [1.82, 2.24) is 4.98 Å². The smallest absolute Gasteiger partial charge is 0.264 e. The topological polar surface area (TPSA) is 76.3 Å². The highest BCUT2D eigenvalue weighted by molar-refractivity contribution is 7.92. The van der Waals surface area contributed by atoms with E-state index >= 15 is 0 Å². The Morgan fingerprint density at radius 2 is 2.05 bits per heavy atom. The molecule has 0 aliphatic carbocycles. The van der Waals surface area contributed by atoms with Gasteiger partial charge in [0.05, 0.1) is 22.5 Å². The summed E-state index contributed by atoms with van der Waals surface area (Å²) in [4.78, 5) is 3.82. The second kappa shape index (κ2) is 5.09. The van der Waals surface area contributed by atoms with Crippen LogP contribution in [0.5, 0.6) is 0 Å². The number of hydrogen-bond acceptors (Lipinski definition) is 4. The van der Waals surface area contributed by atoms with E-state index in [1.165, 1.54) is 26.2 Å². The van der Waals surface area contributed by atoms with Gasteiger partial charge in [-0.25, -0.2) is 12.8 Å². The van der Waals surface area contributed by atoms with Crippen molar-refractivity contribution in [3.63, 3.8) is 0 Å². The molecule has 0 radical (unpaired) electrons. The molecule has 0 aliphatic rings. The van der Waals surface area contributed by atoms with Gasteiger partial charge in [0.15, 0.2) is 0 Å². The maximum Gasteiger partial charge on any atom is 0.264 e. The summed E-state index contributed by atoms with van der Waals surface area (Å²) in [5.41, 5.74) is 5.89. The molecule has 0 unspecified atom stereocenters. The summed E-state index contributed by atoms with van der Waals surface area (Å²) in [6.45, 7) is 1.47. The van der Waals surface area contributed by atoms with Gasteiger partial charge in [0.1, 0.15) is 5.82 Å². The summed E-state index contributed by atoms with van der Waals surface area (Å²) >= 11 is 0. The lowest BCUT2D eigenvalue weighted by Gasteiger charge is -2.19. The Morgan fingerprint density at radius 3 is 2.60 bits per heavy atom. The van der Waals surface area contributed by atoms with E-state index in [1.54, 1.807) is 18.3 Å². The summed E-state index contributed by atoms with van der Waals surface area (Å²) in [6.07, 6.45) is 2.97. The lowest BCUT2D eigenvalue weighted by Crippen LogP contribution is -2.26. The van der Waals surface area contributed by atoms with Crippen molar-refractivity contribution in [1.29, 1.82) is 0 Å². The maximum atomic E-state index is 13.5. The van der Waals surface area contributed by atoms with Crippen LogP contribution in [0.4, 0.5) is 15.8 Å². The number of aromatic nitrogens is 1. The number of sulfonamides is 1. The van der Waals surface area contributed by atoms with Crippen molar-refractivity contribution in [2.45, 2.75) is 11.8 Å². The van der Waals surface area contributed by atoms with Crippen molar-refractivity contribution < 1.29 is 12.8 Å². The average molecular weight is 295 g/mol. The zero-order chi connectivity index (χ0) is 14.9. The molecule has 0 atom stereocenters. The van der Waals surface area contributed by atoms with Crippen molar-refractivity contribution in [2.24, 2.45) is 0 Å². The highest BCUT2D eigenvalue weighted by atomic mass is 32.2. The third kappa shape index (κ3) is 2.44. The number of nitrogens with zero attached hydrogens (tertiary/aromatic N) is 2. The fourth-order valence-corrected chi connectivity index (χ4v) is 3.05. The largest absolute Gasteiger partial charge is 0.396 e. The molecule has 106 valence electrons. The van der Waals surface area contributed by atoms with Gasteiger partial charge in [-0.2, -0.15) is 0 Å². The van der Waals surface area contributed by atoms with E-state index in [4.69, 9.17) is 5.73 Å². The number of benzene rings is 1. The molecular weight excluding hydrogens is 281 g/mol. The predicted molar refractivity (Wildman–Crippen MR) is 75.4 cm³/mol. The number of hydrogen-bond donors (Lipinski definition) is 1. The molecule has 2 N–H and O–H groups in total. The van der Waals surface area contributed by atoms with Crippen LogP contribution < -0.4 is 10.0 Å². The molecule has 1 heterocycles. The fraction of sp³-hybridized carbons (Fsp3) is 0.154. The lowest BCUT2D eigenvalue weighted by molar-refractivity contribution is 0.592. The first-order valence-electron chi connectivity index (χ1n) is 5.78. The fourth-order valence-electron chi connectivity index (χ4n) is 1.75. The van der Waals surface area contributed by atoms with Gasteiger partial charge in [-0.15, -0.1) is 0 Å². The van der Waals surface area contributed by atoms with E-state index in [-0.39, 0.29) is 16.1 Å². The van der Waals surface area contributed by atoms with Gasteiger partial charge in [-0.3, -0.25) is 9.29 Å². The third-order valence-corrected chi connectivity index (χ3v) is 4.69. The zero-order valence-corrected chi connectivity index (χ0v) is 11.9. The van der Waals surface area contributed by atoms with Crippen LogP contribution in [0.15, 0.2) is 41.6 Å². The molecule has 0 bridgehead atoms. The number of pyridine rings is 1. The van der Waals surface area contributed by atoms with Crippen LogP contribution in [0.25, 0.3) is 0 Å². The van der Waals surface area contributed by atoms with Gasteiger partial charge in [-0.05, 0) is 36.8 Å². The second-order valence-electron chi connectivity index (χ2n) is 4.33. The van der Waals surface area contributed by atoms with Crippen LogP contribution >= 0.6 is 0 Å². The van der Waals surface area contributed by atoms with Crippen LogP contribution in [0, 0.1) is 12.7 Å². The number of rotatable bonds is 3. The molecule has 0 spiro atoms. The van der Waals surface area contributed by atoms with Crippen molar-refractivity contribution in [2.75, 3.05) is 17.1 Å². The van der Waals surface area contributed by atoms with Crippen molar-refractivity contribution in [3.05, 3.63) is 48.0 Å². The minimum atomic E-state index is -3.81. The Hall–Kier alpha value is -2.15. The summed E-state index contributed by atoms with van der Waals surface area (Å²) in [6, 6.07) is 5.62. The number of aryl methyl sites for hydroxylation is 1. The maximum absolute atomic E-state index is 13.5. The van der Waals surface area contributed by atoms with Gasteiger partial charge in [0.2, 0.25) is 0 Å². The molecule has 0 saturated carbocycles. The standard InChI is InChI=1S/C13H14FN3O2S/c1-9-6-11(7-12(15)13(9)14)20(18,19)17(2)10-4-3-5-16-8-10/h3-8H,15H2,1-2H3. The van der Waals surface area contributed by atoms with E-state index in [0.29, 0.717) is 5.69 Å². The Bertz CT molecular complexity index is 710. The normalized spacial score (nSPS) is 11.3. The molecule has 5 nitrogen and oxygen atoms in total. The predicted octanol–water partition coefficient (Wildman–Crippen LogP) is 1.94. The van der Waals surface area contributed by atoms with Crippen molar-refractivity contribution in [3.8, 4) is 0 Å². The quantitative estimate of drug-likeness (QED) is 0.878. The number of anilines is 2. The van der Waals surface area contributed by atoms with E-state index in [2.05, 4.69) is 4.98 Å². The molecule has 1 aromatic heterocycles. The van der Waals surface area contributed by atoms with Crippen LogP contribution in [-0.4, -0.2) is 20.4 Å². The molecule has 2 rings (SSSR count). The second-order valence-corrected chi connectivity index (χ2v) is 6.30. The highest BCUT2D eigenvalue weighted by Crippen LogP contribution is 2.25. The zero-order valence-electron chi connectivity index (χ0n) is 11.0. The van der Waals surface area contributed by atoms with E-state index in [1.807, 2.05) is 0 Å². The summed E-state index contributed by atoms with van der Waals surface area (Å²) in [7, 11) is -2.40. The van der Waals surface area contributed by atoms with Crippen LogP contribution in [0.2, 0.25) is 0 Å². The van der Waals surface area contributed by atoms with Gasteiger partial charge < -0.3 is 5.73 Å². The first-order valence-corrected chi connectivity index (χ1v) is 7.22. The van der Waals surface area contributed by atoms with Gasteiger partial charge in [0.25, 0.3) is 10.0 Å². The van der Waals surface area contributed by atoms with Crippen LogP contribution in [0.1, 0.15) is 5.56 Å². The lowest BCUT2D eigenvalue weighted by atomic mass is 10.2. The first kappa shape index (κ1) is 14.3. The Balaban J connectivity index is 2.51. The van der Waals surface area contributed by atoms with E-state index in [9.17, 15) is 12.8 Å². The molecule has 0 amide bonds. The van der Waals surface area contributed by atoms with E-state index in [0.717, 1.165) is 10.4 Å². The van der Waals surface area contributed by atoms with Gasteiger partial charge >= 0.3 is 0 Å².